The fourth-order valence-electron chi connectivity index (χ4n) is 6.15. The van der Waals surface area contributed by atoms with E-state index in [1.807, 2.05) is 16.9 Å². The highest BCUT2D eigenvalue weighted by atomic mass is 19.4. The van der Waals surface area contributed by atoms with Gasteiger partial charge in [0.1, 0.15) is 29.3 Å². The van der Waals surface area contributed by atoms with E-state index in [0.717, 1.165) is 35.1 Å². The van der Waals surface area contributed by atoms with Crippen LogP contribution in [0.15, 0.2) is 43.1 Å². The van der Waals surface area contributed by atoms with Gasteiger partial charge in [0, 0.05) is 60.1 Å². The number of likely N-dealkylation sites (tertiary alicyclic amines) is 1. The molecule has 1 saturated carbocycles. The van der Waals surface area contributed by atoms with E-state index in [0.29, 0.717) is 38.4 Å². The first-order valence-corrected chi connectivity index (χ1v) is 17.2. The molecule has 0 unspecified atom stereocenters. The van der Waals surface area contributed by atoms with Crippen LogP contribution in [0.1, 0.15) is 55.1 Å². The van der Waals surface area contributed by atoms with Crippen LogP contribution in [0.2, 0.25) is 0 Å². The van der Waals surface area contributed by atoms with Crippen LogP contribution in [-0.2, 0) is 21.3 Å². The Morgan fingerprint density at radius 2 is 1.63 bits per heavy atom. The number of rotatable bonds is 9. The second-order valence-corrected chi connectivity index (χ2v) is 13.4. The summed E-state index contributed by atoms with van der Waals surface area (Å²) >= 11 is 0. The lowest BCUT2D eigenvalue weighted by molar-refractivity contribution is -0.193. The Bertz CT molecular complexity index is 2110. The van der Waals surface area contributed by atoms with Crippen molar-refractivity contribution in [2.24, 2.45) is 0 Å². The number of nitrogens with one attached hydrogen (secondary N) is 2. The van der Waals surface area contributed by atoms with Gasteiger partial charge in [-0.1, -0.05) is 0 Å². The lowest BCUT2D eigenvalue weighted by atomic mass is 9.82. The molecule has 4 aromatic rings. The van der Waals surface area contributed by atoms with Crippen LogP contribution in [0.3, 0.4) is 0 Å². The van der Waals surface area contributed by atoms with Crippen LogP contribution in [0, 0.1) is 11.3 Å². The number of halogens is 9. The van der Waals surface area contributed by atoms with Crippen LogP contribution in [0.25, 0.3) is 22.3 Å². The van der Waals surface area contributed by atoms with Crippen molar-refractivity contribution in [3.63, 3.8) is 0 Å². The van der Waals surface area contributed by atoms with Crippen molar-refractivity contribution in [2.45, 2.75) is 81.3 Å². The third-order valence-corrected chi connectivity index (χ3v) is 9.04. The number of nitrogens with zero attached hydrogens (tertiary/aromatic N) is 7. The standard InChI is InChI=1S/C30H32F3N9O3.2C2HF3O2/c1-18(14-43)39-28(44)19-10-24(30(31,32)33)40-25(11-19)45-22-4-2-21(3-5-22)41-15-29(16-41,7-8-34)42-13-20(12-38-42)26-23-6-9-35-27(23)37-17-36-26;2*3-2(4,5)1(6)7/h6,9-13,17-18,21-22,43H,2-5,7,14-16H2,1H3,(H,39,44)(H,35,36,37);2*(H,6,7)/t18-,21-,22+;;/m0../s1. The number of ether oxygens (including phenoxy) is 1. The van der Waals surface area contributed by atoms with Gasteiger partial charge < -0.3 is 30.4 Å². The lowest BCUT2D eigenvalue weighted by Gasteiger charge is -2.53. The molecule has 1 aliphatic heterocycles. The Morgan fingerprint density at radius 3 is 2.17 bits per heavy atom. The predicted octanol–water partition coefficient (Wildman–Crippen LogP) is 4.93. The molecule has 320 valence electrons. The SMILES string of the molecule is C[C@@H](CO)NC(=O)c1cc(O[C@H]2CC[C@@H](N3CC(CC#N)(n4cc(-c5ncnc6[nH]ccc56)cn4)C3)CC2)nc(C(F)(F)F)c1.O=C(O)C(F)(F)F.O=C(O)C(F)(F)F. The second-order valence-electron chi connectivity index (χ2n) is 13.4. The van der Waals surface area contributed by atoms with Crippen molar-refractivity contribution in [1.82, 2.24) is 39.9 Å². The average molecular weight is 852 g/mol. The highest BCUT2D eigenvalue weighted by Gasteiger charge is 2.48. The molecule has 5 N–H and O–H groups in total. The Labute approximate surface area is 326 Å². The van der Waals surface area contributed by atoms with Gasteiger partial charge in [0.15, 0.2) is 0 Å². The molecule has 5 heterocycles. The summed E-state index contributed by atoms with van der Waals surface area (Å²) in [5, 5.41) is 41.1. The minimum atomic E-state index is -5.08. The quantitative estimate of drug-likeness (QED) is 0.141. The summed E-state index contributed by atoms with van der Waals surface area (Å²) in [4.78, 5) is 48.0. The van der Waals surface area contributed by atoms with Crippen LogP contribution in [0.4, 0.5) is 39.5 Å². The molecule has 0 radical (unpaired) electrons. The molecule has 0 aromatic carbocycles. The van der Waals surface area contributed by atoms with Gasteiger partial charge in [-0.3, -0.25) is 14.4 Å². The number of fused-ring (bicyclic) bond motifs is 1. The number of amides is 1. The van der Waals surface area contributed by atoms with E-state index in [1.165, 1.54) is 19.3 Å². The van der Waals surface area contributed by atoms with Crippen molar-refractivity contribution >= 4 is 28.9 Å². The lowest BCUT2D eigenvalue weighted by Crippen LogP contribution is -2.65. The first kappa shape index (κ1) is 45.7. The van der Waals surface area contributed by atoms with Gasteiger partial charge in [-0.05, 0) is 44.7 Å². The van der Waals surface area contributed by atoms with E-state index in [1.54, 1.807) is 12.4 Å². The summed E-state index contributed by atoms with van der Waals surface area (Å²) in [6, 6.07) is 5.71. The predicted molar refractivity (Wildman–Crippen MR) is 182 cm³/mol. The number of carboxylic acid groups (broad SMARTS) is 2. The van der Waals surface area contributed by atoms with Gasteiger partial charge in [-0.25, -0.2) is 24.5 Å². The molecule has 1 saturated heterocycles. The van der Waals surface area contributed by atoms with Crippen molar-refractivity contribution in [1.29, 1.82) is 5.26 Å². The summed E-state index contributed by atoms with van der Waals surface area (Å²) in [6.45, 7) is 2.46. The molecular formula is C34H34F9N9O7. The molecule has 2 aliphatic rings. The summed E-state index contributed by atoms with van der Waals surface area (Å²) in [5.74, 6) is -6.53. The summed E-state index contributed by atoms with van der Waals surface area (Å²) in [7, 11) is 0. The average Bonchev–Trinajstić information content (AvgIpc) is 3.83. The number of carbonyl (C=O) groups is 3. The smallest absolute Gasteiger partial charge is 0.475 e. The molecule has 4 aromatic heterocycles. The number of aromatic amines is 1. The zero-order valence-corrected chi connectivity index (χ0v) is 30.4. The van der Waals surface area contributed by atoms with Gasteiger partial charge in [0.25, 0.3) is 5.91 Å². The fourth-order valence-corrected chi connectivity index (χ4v) is 6.15. The Morgan fingerprint density at radius 1 is 1.02 bits per heavy atom. The zero-order valence-electron chi connectivity index (χ0n) is 30.4. The minimum Gasteiger partial charge on any atom is -0.475 e. The van der Waals surface area contributed by atoms with Crippen molar-refractivity contribution < 1.29 is 74.0 Å². The third kappa shape index (κ3) is 11.8. The highest BCUT2D eigenvalue weighted by molar-refractivity contribution is 5.94. The van der Waals surface area contributed by atoms with Gasteiger partial charge in [0.2, 0.25) is 5.88 Å². The number of aliphatic carboxylic acids is 2. The van der Waals surface area contributed by atoms with Crippen LogP contribution < -0.4 is 10.1 Å². The number of aromatic nitrogens is 6. The molecule has 6 rings (SSSR count). The van der Waals surface area contributed by atoms with Gasteiger partial charge in [-0.15, -0.1) is 0 Å². The van der Waals surface area contributed by atoms with E-state index in [2.05, 4.69) is 41.3 Å². The van der Waals surface area contributed by atoms with E-state index in [9.17, 15) is 54.7 Å². The van der Waals surface area contributed by atoms with Gasteiger partial charge in [-0.2, -0.15) is 49.9 Å². The number of carbonyl (C=O) groups excluding carboxylic acids is 1. The largest absolute Gasteiger partial charge is 0.490 e. The number of hydrogen-bond acceptors (Lipinski definition) is 11. The molecule has 2 fully saturated rings. The Kier molecular flexibility index (Phi) is 14.1. The molecule has 1 aliphatic carbocycles. The molecular weight excluding hydrogens is 817 g/mol. The number of alkyl halides is 9. The number of aliphatic hydroxyl groups is 1. The monoisotopic (exact) mass is 851 g/mol. The van der Waals surface area contributed by atoms with Crippen LogP contribution in [-0.4, -0.2) is 118 Å². The minimum absolute atomic E-state index is 0.226. The van der Waals surface area contributed by atoms with E-state index >= 15 is 0 Å². The second kappa shape index (κ2) is 18.3. The van der Waals surface area contributed by atoms with Gasteiger partial charge in [0.05, 0.1) is 31.0 Å². The number of H-pyrrole nitrogens is 1. The maximum atomic E-state index is 13.6. The number of hydrogen-bond donors (Lipinski definition) is 5. The maximum absolute atomic E-state index is 13.6. The number of aliphatic hydroxyl groups excluding tert-OH is 1. The molecule has 1 amide bonds. The Hall–Kier alpha value is -6.03. The first-order chi connectivity index (χ1) is 27.5. The normalized spacial score (nSPS) is 18.5. The fraction of sp³-hybridized carbons (Fsp3) is 0.471. The summed E-state index contributed by atoms with van der Waals surface area (Å²) in [6.07, 6.45) is -5.31. The van der Waals surface area contributed by atoms with Gasteiger partial charge >= 0.3 is 30.5 Å². The van der Waals surface area contributed by atoms with Crippen molar-refractivity contribution in [2.75, 3.05) is 19.7 Å². The van der Waals surface area contributed by atoms with Crippen LogP contribution >= 0.6 is 0 Å². The molecule has 25 heteroatoms. The molecule has 59 heavy (non-hydrogen) atoms. The maximum Gasteiger partial charge on any atom is 0.490 e. The number of carboxylic acids is 2. The highest BCUT2D eigenvalue weighted by Crippen LogP contribution is 2.39. The van der Waals surface area contributed by atoms with E-state index in [4.69, 9.17) is 24.5 Å². The van der Waals surface area contributed by atoms with E-state index in [-0.39, 0.29) is 30.2 Å². The van der Waals surface area contributed by atoms with E-state index < -0.39 is 53.6 Å². The molecule has 16 nitrogen and oxygen atoms in total. The summed E-state index contributed by atoms with van der Waals surface area (Å²) < 4.78 is 112. The molecule has 0 spiro atoms. The first-order valence-electron chi connectivity index (χ1n) is 17.2. The molecule has 1 atom stereocenters. The van der Waals surface area contributed by atoms with Crippen molar-refractivity contribution in [3.8, 4) is 23.2 Å². The number of pyridine rings is 1. The zero-order chi connectivity index (χ0) is 43.9. The van der Waals surface area contributed by atoms with Crippen LogP contribution in [0.5, 0.6) is 5.88 Å². The topological polar surface area (TPSA) is 232 Å². The summed E-state index contributed by atoms with van der Waals surface area (Å²) in [5.41, 5.74) is 0.394. The number of nitriles is 1. The third-order valence-electron chi connectivity index (χ3n) is 9.04. The van der Waals surface area contributed by atoms with Crippen molar-refractivity contribution in [3.05, 3.63) is 54.4 Å². The molecule has 0 bridgehead atoms. The Balaban J connectivity index is 0.000000471.